The minimum Gasteiger partial charge on any atom is -0.491 e. The minimum absolute atomic E-state index is 0.0212. The predicted octanol–water partition coefficient (Wildman–Crippen LogP) is 3.93. The van der Waals surface area contributed by atoms with E-state index >= 15 is 0 Å². The summed E-state index contributed by atoms with van der Waals surface area (Å²) in [5, 5.41) is 25.1. The summed E-state index contributed by atoms with van der Waals surface area (Å²) in [5.41, 5.74) is 4.94. The molecule has 0 radical (unpaired) electrons. The number of carboxylic acid groups (broad SMARTS) is 1. The van der Waals surface area contributed by atoms with Gasteiger partial charge in [0.15, 0.2) is 0 Å². The Labute approximate surface area is 326 Å². The molecule has 4 atom stereocenters. The minimum atomic E-state index is -0.968. The van der Waals surface area contributed by atoms with Crippen molar-refractivity contribution in [3.05, 3.63) is 70.9 Å². The number of β-amino-alcohol motifs (C(OH)–C–C–N with tert-alkyl or cyclic N) is 1. The van der Waals surface area contributed by atoms with Gasteiger partial charge in [-0.1, -0.05) is 57.2 Å². The van der Waals surface area contributed by atoms with E-state index in [1.165, 1.54) is 4.90 Å². The maximum atomic E-state index is 13.9. The molecule has 1 aliphatic rings. The monoisotopic (exact) mass is 782 g/mol. The van der Waals surface area contributed by atoms with Crippen LogP contribution in [0.15, 0.2) is 54.0 Å². The molecule has 3 amide bonds. The van der Waals surface area contributed by atoms with Crippen molar-refractivity contribution in [3.63, 3.8) is 0 Å². The zero-order chi connectivity index (χ0) is 40.0. The van der Waals surface area contributed by atoms with Gasteiger partial charge in [0.2, 0.25) is 17.7 Å². The van der Waals surface area contributed by atoms with Gasteiger partial charge in [-0.2, -0.15) is 0 Å². The molecule has 1 saturated heterocycles. The number of aliphatic carboxylic acids is 1. The quantitative estimate of drug-likeness (QED) is 0.115. The normalized spacial score (nSPS) is 16.7. The highest BCUT2D eigenvalue weighted by atomic mass is 32.1. The first-order valence-electron chi connectivity index (χ1n) is 18.5. The van der Waals surface area contributed by atoms with E-state index in [-0.39, 0.29) is 51.2 Å². The Morgan fingerprint density at radius 3 is 2.16 bits per heavy atom. The fourth-order valence-electron chi connectivity index (χ4n) is 6.04. The SMILES string of the molecule is Cc1ncsc1-c1ccc(C(C)NC(=O)C2CC(O)CN2C(=O)C(NC(=O)COCCOCCOCCOc2ccc(CCC(=O)O)cc2)C(C)(C)C)cc1. The second-order valence-electron chi connectivity index (χ2n) is 14.5. The Hall–Kier alpha value is -4.41. The number of nitrogens with zero attached hydrogens (tertiary/aromatic N) is 2. The molecular weight excluding hydrogens is 729 g/mol. The number of thiazole rings is 1. The van der Waals surface area contributed by atoms with Crippen molar-refractivity contribution in [2.45, 2.75) is 78.1 Å². The lowest BCUT2D eigenvalue weighted by Gasteiger charge is -2.35. The van der Waals surface area contributed by atoms with Crippen LogP contribution < -0.4 is 15.4 Å². The van der Waals surface area contributed by atoms with Crippen molar-refractivity contribution < 1.29 is 48.3 Å². The van der Waals surface area contributed by atoms with Crippen molar-refractivity contribution in [1.82, 2.24) is 20.5 Å². The molecule has 55 heavy (non-hydrogen) atoms. The fourth-order valence-corrected chi connectivity index (χ4v) is 6.86. The summed E-state index contributed by atoms with van der Waals surface area (Å²) in [6, 6.07) is 13.0. The first-order valence-corrected chi connectivity index (χ1v) is 19.4. The lowest BCUT2D eigenvalue weighted by atomic mass is 9.85. The highest BCUT2D eigenvalue weighted by Gasteiger charge is 2.44. The summed E-state index contributed by atoms with van der Waals surface area (Å²) in [7, 11) is 0. The van der Waals surface area contributed by atoms with Crippen LogP contribution in [0.5, 0.6) is 5.75 Å². The number of amides is 3. The molecule has 15 heteroatoms. The molecule has 1 aliphatic heterocycles. The molecule has 4 N–H and O–H groups in total. The molecule has 2 aromatic carbocycles. The third kappa shape index (κ3) is 13.7. The fraction of sp³-hybridized carbons (Fsp3) is 0.525. The van der Waals surface area contributed by atoms with Crippen molar-refractivity contribution in [2.75, 3.05) is 52.8 Å². The second-order valence-corrected chi connectivity index (χ2v) is 15.4. The first kappa shape index (κ1) is 43.3. The first-order chi connectivity index (χ1) is 26.2. The number of aliphatic hydroxyl groups excluding tert-OH is 1. The second kappa shape index (κ2) is 21.0. The molecule has 4 rings (SSSR count). The summed E-state index contributed by atoms with van der Waals surface area (Å²) in [6.07, 6.45) is -0.233. The highest BCUT2D eigenvalue weighted by Crippen LogP contribution is 2.29. The largest absolute Gasteiger partial charge is 0.491 e. The molecular formula is C40H54N4O10S. The molecule has 1 aromatic heterocycles. The van der Waals surface area contributed by atoms with Crippen LogP contribution in [0, 0.1) is 12.3 Å². The average molecular weight is 783 g/mol. The van der Waals surface area contributed by atoms with Gasteiger partial charge >= 0.3 is 5.97 Å². The van der Waals surface area contributed by atoms with Crippen molar-refractivity contribution in [1.29, 1.82) is 0 Å². The number of likely N-dealkylation sites (tertiary alicyclic amines) is 1. The van der Waals surface area contributed by atoms with Gasteiger partial charge in [-0.15, -0.1) is 11.3 Å². The lowest BCUT2D eigenvalue weighted by molar-refractivity contribution is -0.144. The Morgan fingerprint density at radius 2 is 1.56 bits per heavy atom. The van der Waals surface area contributed by atoms with Gasteiger partial charge in [0.05, 0.1) is 61.3 Å². The molecule has 0 bridgehead atoms. The smallest absolute Gasteiger partial charge is 0.303 e. The zero-order valence-corrected chi connectivity index (χ0v) is 33.1. The predicted molar refractivity (Wildman–Crippen MR) is 207 cm³/mol. The molecule has 300 valence electrons. The number of benzene rings is 2. The summed E-state index contributed by atoms with van der Waals surface area (Å²) in [5.74, 6) is -1.47. The van der Waals surface area contributed by atoms with Crippen molar-refractivity contribution in [3.8, 4) is 16.2 Å². The molecule has 0 saturated carbocycles. The van der Waals surface area contributed by atoms with Crippen molar-refractivity contribution in [2.24, 2.45) is 5.41 Å². The van der Waals surface area contributed by atoms with Crippen LogP contribution in [-0.2, 0) is 39.8 Å². The van der Waals surface area contributed by atoms with Gasteiger partial charge in [0, 0.05) is 19.4 Å². The van der Waals surface area contributed by atoms with Crippen molar-refractivity contribution >= 4 is 35.0 Å². The van der Waals surface area contributed by atoms with Crippen LogP contribution >= 0.6 is 11.3 Å². The number of nitrogens with one attached hydrogen (secondary N) is 2. The number of aliphatic hydroxyl groups is 1. The van der Waals surface area contributed by atoms with Crippen LogP contribution in [0.4, 0.5) is 0 Å². The Balaban J connectivity index is 1.14. The highest BCUT2D eigenvalue weighted by molar-refractivity contribution is 7.13. The van der Waals surface area contributed by atoms with E-state index in [2.05, 4.69) is 15.6 Å². The summed E-state index contributed by atoms with van der Waals surface area (Å²) < 4.78 is 22.1. The Bertz CT molecular complexity index is 1690. The number of carbonyl (C=O) groups excluding carboxylic acids is 3. The standard InChI is InChI=1S/C40H54N4O10S/c1-26(29-9-11-30(12-10-29)36-27(2)41-25-55-36)42-38(49)33-22-31(45)23-44(33)39(50)37(40(3,4)5)43-34(46)24-53-19-18-51-16-17-52-20-21-54-32-13-6-28(7-14-32)8-15-35(47)48/h6-7,9-14,25-26,31,33,37,45H,8,15-24H2,1-5H3,(H,42,49)(H,43,46)(H,47,48). The van der Waals surface area contributed by atoms with E-state index in [0.717, 1.165) is 27.3 Å². The van der Waals surface area contributed by atoms with Gasteiger partial charge in [-0.3, -0.25) is 19.2 Å². The van der Waals surface area contributed by atoms with E-state index < -0.39 is 41.4 Å². The molecule has 2 heterocycles. The van der Waals surface area contributed by atoms with Crippen LogP contribution in [0.1, 0.15) is 63.4 Å². The van der Waals surface area contributed by atoms with Crippen LogP contribution in [-0.4, -0.2) is 115 Å². The van der Waals surface area contributed by atoms with E-state index in [1.54, 1.807) is 23.5 Å². The maximum Gasteiger partial charge on any atom is 0.303 e. The van der Waals surface area contributed by atoms with Gasteiger partial charge in [-0.05, 0) is 54.5 Å². The van der Waals surface area contributed by atoms with Gasteiger partial charge in [0.25, 0.3) is 0 Å². The van der Waals surface area contributed by atoms with Crippen LogP contribution in [0.25, 0.3) is 10.4 Å². The number of carboxylic acids is 1. The molecule has 0 spiro atoms. The lowest BCUT2D eigenvalue weighted by Crippen LogP contribution is -2.58. The van der Waals surface area contributed by atoms with E-state index in [1.807, 2.05) is 76.5 Å². The number of ether oxygens (including phenoxy) is 4. The summed E-state index contributed by atoms with van der Waals surface area (Å²) >= 11 is 1.57. The van der Waals surface area contributed by atoms with E-state index in [9.17, 15) is 24.3 Å². The third-order valence-electron chi connectivity index (χ3n) is 9.08. The molecule has 4 unspecified atom stereocenters. The zero-order valence-electron chi connectivity index (χ0n) is 32.2. The van der Waals surface area contributed by atoms with Gasteiger partial charge in [-0.25, -0.2) is 4.98 Å². The third-order valence-corrected chi connectivity index (χ3v) is 10.1. The maximum absolute atomic E-state index is 13.9. The molecule has 0 aliphatic carbocycles. The summed E-state index contributed by atoms with van der Waals surface area (Å²) in [6.45, 7) is 10.8. The summed E-state index contributed by atoms with van der Waals surface area (Å²) in [4.78, 5) is 57.8. The van der Waals surface area contributed by atoms with Crippen LogP contribution in [0.3, 0.4) is 0 Å². The van der Waals surface area contributed by atoms with E-state index in [0.29, 0.717) is 38.6 Å². The molecule has 1 fully saturated rings. The number of hydrogen-bond acceptors (Lipinski definition) is 11. The number of rotatable bonds is 21. The number of aryl methyl sites for hydroxylation is 2. The van der Waals surface area contributed by atoms with Gasteiger partial charge in [0.1, 0.15) is 31.0 Å². The molecule has 3 aromatic rings. The molecule has 14 nitrogen and oxygen atoms in total. The van der Waals surface area contributed by atoms with Crippen LogP contribution in [0.2, 0.25) is 0 Å². The number of hydrogen-bond donors (Lipinski definition) is 4. The number of carbonyl (C=O) groups is 4. The average Bonchev–Trinajstić information content (AvgIpc) is 3.76. The Kier molecular flexibility index (Phi) is 16.6. The topological polar surface area (TPSA) is 186 Å². The van der Waals surface area contributed by atoms with E-state index in [4.69, 9.17) is 24.1 Å². The number of aromatic nitrogens is 1. The Morgan fingerprint density at radius 1 is 0.927 bits per heavy atom. The van der Waals surface area contributed by atoms with Gasteiger partial charge < -0.3 is 44.7 Å².